The standard InChI is InChI=1S/C9H19NSi.ClH/c1-2-7-11(6-1)8-3-4-10-5-9-11;/h10H,1-9H2;1H. The summed E-state index contributed by atoms with van der Waals surface area (Å²) in [5.41, 5.74) is 0. The summed E-state index contributed by atoms with van der Waals surface area (Å²) in [6, 6.07) is 6.55. The molecule has 12 heavy (non-hydrogen) atoms. The number of hydrogen-bond donors (Lipinski definition) is 1. The van der Waals surface area contributed by atoms with Gasteiger partial charge in [0.15, 0.2) is 0 Å². The Bertz CT molecular complexity index is 124. The fourth-order valence-electron chi connectivity index (χ4n) is 2.82. The van der Waals surface area contributed by atoms with Crippen molar-refractivity contribution in [2.45, 2.75) is 43.4 Å². The summed E-state index contributed by atoms with van der Waals surface area (Å²) in [5.74, 6) is 0. The van der Waals surface area contributed by atoms with Gasteiger partial charge in [-0.15, -0.1) is 12.4 Å². The van der Waals surface area contributed by atoms with Crippen molar-refractivity contribution in [3.8, 4) is 0 Å². The van der Waals surface area contributed by atoms with Gasteiger partial charge >= 0.3 is 0 Å². The molecular weight excluding hydrogens is 186 g/mol. The van der Waals surface area contributed by atoms with Gasteiger partial charge in [-0.3, -0.25) is 0 Å². The Balaban J connectivity index is 0.000000720. The van der Waals surface area contributed by atoms with E-state index in [9.17, 15) is 0 Å². The topological polar surface area (TPSA) is 12.0 Å². The van der Waals surface area contributed by atoms with E-state index in [1.54, 1.807) is 37.0 Å². The summed E-state index contributed by atoms with van der Waals surface area (Å²) < 4.78 is 0. The van der Waals surface area contributed by atoms with Crippen LogP contribution >= 0.6 is 12.4 Å². The van der Waals surface area contributed by atoms with Crippen LogP contribution in [0.25, 0.3) is 0 Å². The van der Waals surface area contributed by atoms with Crippen LogP contribution in [0.4, 0.5) is 0 Å². The van der Waals surface area contributed by atoms with Crippen molar-refractivity contribution in [3.05, 3.63) is 0 Å². The van der Waals surface area contributed by atoms with Crippen LogP contribution in [0, 0.1) is 0 Å². The van der Waals surface area contributed by atoms with Crippen molar-refractivity contribution in [2.75, 3.05) is 13.1 Å². The second-order valence-electron chi connectivity index (χ2n) is 4.31. The van der Waals surface area contributed by atoms with Crippen LogP contribution in [0.2, 0.25) is 24.2 Å². The average molecular weight is 206 g/mol. The van der Waals surface area contributed by atoms with Crippen LogP contribution in [-0.4, -0.2) is 21.2 Å². The summed E-state index contributed by atoms with van der Waals surface area (Å²) in [4.78, 5) is 0. The van der Waals surface area contributed by atoms with Gasteiger partial charge in [0, 0.05) is 0 Å². The molecular formula is C9H20ClNSi. The Hall–Kier alpha value is 0.467. The molecule has 0 aromatic carbocycles. The first-order valence-corrected chi connectivity index (χ1v) is 7.95. The fraction of sp³-hybridized carbons (Fsp3) is 1.00. The second-order valence-corrected chi connectivity index (χ2v) is 9.31. The molecule has 2 rings (SSSR count). The van der Waals surface area contributed by atoms with Gasteiger partial charge in [0.1, 0.15) is 0 Å². The van der Waals surface area contributed by atoms with E-state index >= 15 is 0 Å². The van der Waals surface area contributed by atoms with Crippen LogP contribution in [0.1, 0.15) is 19.3 Å². The fourth-order valence-corrected chi connectivity index (χ4v) is 7.95. The van der Waals surface area contributed by atoms with Crippen LogP contribution < -0.4 is 5.32 Å². The van der Waals surface area contributed by atoms with Gasteiger partial charge in [-0.2, -0.15) is 0 Å². The zero-order valence-electron chi connectivity index (χ0n) is 7.77. The van der Waals surface area contributed by atoms with E-state index in [0.29, 0.717) is 0 Å². The lowest BCUT2D eigenvalue weighted by atomic mass is 10.4. The predicted octanol–water partition coefficient (Wildman–Crippen LogP) is 2.64. The molecule has 0 aromatic heterocycles. The van der Waals surface area contributed by atoms with Crippen molar-refractivity contribution in [3.63, 3.8) is 0 Å². The Morgan fingerprint density at radius 1 is 0.750 bits per heavy atom. The van der Waals surface area contributed by atoms with Crippen molar-refractivity contribution in [1.82, 2.24) is 5.32 Å². The van der Waals surface area contributed by atoms with E-state index in [-0.39, 0.29) is 12.4 Å². The molecule has 2 aliphatic heterocycles. The third kappa shape index (κ3) is 2.24. The monoisotopic (exact) mass is 205 g/mol. The minimum Gasteiger partial charge on any atom is -0.317 e. The molecule has 0 bridgehead atoms. The summed E-state index contributed by atoms with van der Waals surface area (Å²) in [6.45, 7) is 2.64. The van der Waals surface area contributed by atoms with Gasteiger partial charge in [0.05, 0.1) is 8.07 Å². The zero-order chi connectivity index (χ0) is 7.57. The molecule has 0 unspecified atom stereocenters. The van der Waals surface area contributed by atoms with Gasteiger partial charge < -0.3 is 5.32 Å². The van der Waals surface area contributed by atoms with Crippen LogP contribution in [0.5, 0.6) is 0 Å². The average Bonchev–Trinajstić information content (AvgIpc) is 2.32. The number of hydrogen-bond acceptors (Lipinski definition) is 1. The normalized spacial score (nSPS) is 28.0. The summed E-state index contributed by atoms with van der Waals surface area (Å²) in [5, 5.41) is 3.53. The molecule has 3 heteroatoms. The van der Waals surface area contributed by atoms with Gasteiger partial charge in [0.25, 0.3) is 0 Å². The smallest absolute Gasteiger partial charge is 0.0548 e. The third-order valence-corrected chi connectivity index (χ3v) is 9.11. The Morgan fingerprint density at radius 3 is 2.17 bits per heavy atom. The number of rotatable bonds is 0. The first-order chi connectivity index (χ1) is 5.41. The highest BCUT2D eigenvalue weighted by Gasteiger charge is 2.35. The largest absolute Gasteiger partial charge is 0.317 e. The lowest BCUT2D eigenvalue weighted by Gasteiger charge is -2.23. The minimum absolute atomic E-state index is 0. The molecule has 72 valence electrons. The van der Waals surface area contributed by atoms with Crippen LogP contribution in [0.3, 0.4) is 0 Å². The maximum absolute atomic E-state index is 3.53. The highest BCUT2D eigenvalue weighted by atomic mass is 35.5. The Kier molecular flexibility index (Phi) is 4.07. The molecule has 0 aromatic rings. The van der Waals surface area contributed by atoms with Crippen molar-refractivity contribution >= 4 is 20.5 Å². The maximum atomic E-state index is 3.53. The van der Waals surface area contributed by atoms with Gasteiger partial charge in [-0.25, -0.2) is 0 Å². The molecule has 2 saturated heterocycles. The Labute approximate surface area is 82.7 Å². The van der Waals surface area contributed by atoms with Gasteiger partial charge in [-0.1, -0.05) is 31.0 Å². The summed E-state index contributed by atoms with van der Waals surface area (Å²) in [6.07, 6.45) is 4.60. The van der Waals surface area contributed by atoms with Crippen molar-refractivity contribution in [1.29, 1.82) is 0 Å². The molecule has 2 heterocycles. The molecule has 2 fully saturated rings. The van der Waals surface area contributed by atoms with E-state index in [1.165, 1.54) is 19.5 Å². The zero-order valence-corrected chi connectivity index (χ0v) is 9.59. The van der Waals surface area contributed by atoms with Crippen LogP contribution in [0.15, 0.2) is 0 Å². The summed E-state index contributed by atoms with van der Waals surface area (Å²) in [7, 11) is -0.632. The molecule has 1 nitrogen and oxygen atoms in total. The maximum Gasteiger partial charge on any atom is 0.0548 e. The quantitative estimate of drug-likeness (QED) is 0.600. The lowest BCUT2D eigenvalue weighted by Crippen LogP contribution is -2.30. The van der Waals surface area contributed by atoms with E-state index in [0.717, 1.165) is 0 Å². The molecule has 0 radical (unpaired) electrons. The number of halogens is 1. The van der Waals surface area contributed by atoms with Crippen molar-refractivity contribution in [2.24, 2.45) is 0 Å². The first kappa shape index (κ1) is 10.5. The molecule has 0 aliphatic carbocycles. The van der Waals surface area contributed by atoms with E-state index in [1.807, 2.05) is 0 Å². The third-order valence-electron chi connectivity index (χ3n) is 3.56. The molecule has 0 amide bonds. The van der Waals surface area contributed by atoms with E-state index in [4.69, 9.17) is 0 Å². The summed E-state index contributed by atoms with van der Waals surface area (Å²) >= 11 is 0. The minimum atomic E-state index is -0.632. The number of nitrogens with one attached hydrogen (secondary N) is 1. The van der Waals surface area contributed by atoms with Gasteiger partial charge in [-0.05, 0) is 25.6 Å². The lowest BCUT2D eigenvalue weighted by molar-refractivity contribution is 0.720. The molecule has 1 N–H and O–H groups in total. The van der Waals surface area contributed by atoms with Gasteiger partial charge in [0.2, 0.25) is 0 Å². The van der Waals surface area contributed by atoms with E-state index < -0.39 is 8.07 Å². The molecule has 1 spiro atoms. The predicted molar refractivity (Wildman–Crippen MR) is 59.0 cm³/mol. The van der Waals surface area contributed by atoms with E-state index in [2.05, 4.69) is 5.32 Å². The Morgan fingerprint density at radius 2 is 1.42 bits per heavy atom. The molecule has 2 aliphatic rings. The molecule has 0 saturated carbocycles. The SMILES string of the molecule is C1CC[Si]2(C1)CCCNCC2.Cl. The van der Waals surface area contributed by atoms with Crippen molar-refractivity contribution < 1.29 is 0 Å². The highest BCUT2D eigenvalue weighted by molar-refractivity contribution is 6.80. The first-order valence-electron chi connectivity index (χ1n) is 5.12. The van der Waals surface area contributed by atoms with Crippen LogP contribution in [-0.2, 0) is 0 Å². The molecule has 0 atom stereocenters. The highest BCUT2D eigenvalue weighted by Crippen LogP contribution is 2.37. The second kappa shape index (κ2) is 4.63.